The van der Waals surface area contributed by atoms with E-state index in [4.69, 9.17) is 9.26 Å². The average Bonchev–Trinajstić information content (AvgIpc) is 3.22. The van der Waals surface area contributed by atoms with Gasteiger partial charge in [-0.1, -0.05) is 5.16 Å². The van der Waals surface area contributed by atoms with Gasteiger partial charge >= 0.3 is 0 Å². The van der Waals surface area contributed by atoms with Crippen LogP contribution in [0.15, 0.2) is 28.8 Å². The minimum Gasteiger partial charge on any atom is -0.497 e. The Morgan fingerprint density at radius 1 is 1.32 bits per heavy atom. The highest BCUT2D eigenvalue weighted by Gasteiger charge is 2.40. The van der Waals surface area contributed by atoms with Gasteiger partial charge in [-0.2, -0.15) is 4.98 Å². The molecule has 1 aromatic carbocycles. The molecule has 1 N–H and O–H groups in total. The van der Waals surface area contributed by atoms with E-state index in [2.05, 4.69) is 10.1 Å². The third-order valence-electron chi connectivity index (χ3n) is 5.02. The van der Waals surface area contributed by atoms with Crippen LogP contribution in [-0.2, 0) is 0 Å². The molecule has 0 radical (unpaired) electrons. The molecule has 1 saturated carbocycles. The third-order valence-corrected chi connectivity index (χ3v) is 5.02. The van der Waals surface area contributed by atoms with Crippen molar-refractivity contribution < 1.29 is 19.2 Å². The van der Waals surface area contributed by atoms with E-state index in [1.165, 1.54) is 0 Å². The Kier molecular flexibility index (Phi) is 4.17. The van der Waals surface area contributed by atoms with Gasteiger partial charge in [-0.05, 0) is 37.1 Å². The maximum Gasteiger partial charge on any atom is 0.253 e. The van der Waals surface area contributed by atoms with Crippen LogP contribution in [0.2, 0.25) is 0 Å². The lowest BCUT2D eigenvalue weighted by Crippen LogP contribution is -2.29. The Bertz CT molecular complexity index is 754. The summed E-state index contributed by atoms with van der Waals surface area (Å²) in [4.78, 5) is 19.0. The molecular formula is C18H21N3O4. The van der Waals surface area contributed by atoms with E-state index in [0.717, 1.165) is 18.7 Å². The number of carbonyl (C=O) groups is 1. The largest absolute Gasteiger partial charge is 0.497 e. The topological polar surface area (TPSA) is 88.7 Å². The van der Waals surface area contributed by atoms with Crippen LogP contribution in [0.5, 0.6) is 5.75 Å². The van der Waals surface area contributed by atoms with Crippen molar-refractivity contribution in [2.24, 2.45) is 5.92 Å². The van der Waals surface area contributed by atoms with Gasteiger partial charge in [0.25, 0.3) is 5.91 Å². The minimum atomic E-state index is -0.118. The third kappa shape index (κ3) is 3.11. The number of nitrogens with zero attached hydrogens (tertiary/aromatic N) is 3. The molecule has 2 atom stereocenters. The maximum atomic E-state index is 12.7. The summed E-state index contributed by atoms with van der Waals surface area (Å²) in [5.41, 5.74) is 0.599. The summed E-state index contributed by atoms with van der Waals surface area (Å²) in [7, 11) is 1.59. The van der Waals surface area contributed by atoms with Gasteiger partial charge < -0.3 is 19.3 Å². The summed E-state index contributed by atoms with van der Waals surface area (Å²) >= 11 is 0. The van der Waals surface area contributed by atoms with Crippen molar-refractivity contribution in [1.82, 2.24) is 15.0 Å². The molecular weight excluding hydrogens is 322 g/mol. The number of amides is 1. The number of hydrogen-bond donors (Lipinski definition) is 1. The van der Waals surface area contributed by atoms with Crippen LogP contribution in [-0.4, -0.2) is 52.9 Å². The number of rotatable bonds is 5. The summed E-state index contributed by atoms with van der Waals surface area (Å²) in [6.45, 7) is 0.938. The molecule has 1 aromatic heterocycles. The molecule has 1 amide bonds. The Morgan fingerprint density at radius 3 is 2.72 bits per heavy atom. The average molecular weight is 343 g/mol. The summed E-state index contributed by atoms with van der Waals surface area (Å²) in [5.74, 6) is 2.15. The number of benzene rings is 1. The molecule has 2 heterocycles. The van der Waals surface area contributed by atoms with Gasteiger partial charge in [0, 0.05) is 37.1 Å². The van der Waals surface area contributed by atoms with Gasteiger partial charge in [0.1, 0.15) is 5.75 Å². The van der Waals surface area contributed by atoms with Crippen LogP contribution in [0, 0.1) is 5.92 Å². The zero-order valence-electron chi connectivity index (χ0n) is 14.1. The minimum absolute atomic E-state index is 0.0157. The molecule has 0 spiro atoms. The fraction of sp³-hybridized carbons (Fsp3) is 0.500. The Morgan fingerprint density at radius 2 is 2.08 bits per heavy atom. The summed E-state index contributed by atoms with van der Waals surface area (Å²) < 4.78 is 10.5. The molecule has 2 aliphatic rings. The lowest BCUT2D eigenvalue weighted by molar-refractivity contribution is 0.0781. The lowest BCUT2D eigenvalue weighted by atomic mass is 9.97. The highest BCUT2D eigenvalue weighted by Crippen LogP contribution is 2.40. The van der Waals surface area contributed by atoms with Gasteiger partial charge in [-0.25, -0.2) is 0 Å². The number of hydrogen-bond acceptors (Lipinski definition) is 6. The standard InChI is InChI=1S/C18H21N3O4/c1-24-14-6-4-12(5-7-14)18(23)21-8-13(10-22)15(9-21)17-19-16(20-25-17)11-2-3-11/h4-7,11,13,15,22H,2-3,8-10H2,1H3/t13-,15+/m0/s1. The first-order chi connectivity index (χ1) is 12.2. The zero-order chi connectivity index (χ0) is 17.4. The molecule has 0 unspecified atom stereocenters. The fourth-order valence-corrected chi connectivity index (χ4v) is 3.32. The molecule has 7 heteroatoms. The van der Waals surface area contributed by atoms with Crippen molar-refractivity contribution in [1.29, 1.82) is 0 Å². The highest BCUT2D eigenvalue weighted by molar-refractivity contribution is 5.94. The number of aromatic nitrogens is 2. The number of likely N-dealkylation sites (tertiary alicyclic amines) is 1. The second-order valence-electron chi connectivity index (χ2n) is 6.75. The van der Waals surface area contributed by atoms with Crippen LogP contribution in [0.1, 0.15) is 46.8 Å². The van der Waals surface area contributed by atoms with E-state index < -0.39 is 0 Å². The SMILES string of the molecule is COc1ccc(C(=O)N2C[C@@H](CO)[C@H](c3nc(C4CC4)no3)C2)cc1. The van der Waals surface area contributed by atoms with E-state index >= 15 is 0 Å². The van der Waals surface area contributed by atoms with Crippen molar-refractivity contribution in [3.8, 4) is 5.75 Å². The molecule has 1 saturated heterocycles. The van der Waals surface area contributed by atoms with E-state index in [9.17, 15) is 9.90 Å². The maximum absolute atomic E-state index is 12.7. The van der Waals surface area contributed by atoms with Crippen LogP contribution in [0.25, 0.3) is 0 Å². The van der Waals surface area contributed by atoms with Crippen LogP contribution >= 0.6 is 0 Å². The predicted octanol–water partition coefficient (Wildman–Crippen LogP) is 1.80. The first-order valence-electron chi connectivity index (χ1n) is 8.57. The van der Waals surface area contributed by atoms with E-state index in [-0.39, 0.29) is 24.3 Å². The molecule has 2 fully saturated rings. The quantitative estimate of drug-likeness (QED) is 0.890. The fourth-order valence-electron chi connectivity index (χ4n) is 3.32. The first-order valence-corrected chi connectivity index (χ1v) is 8.57. The van der Waals surface area contributed by atoms with Gasteiger partial charge in [-0.15, -0.1) is 0 Å². The van der Waals surface area contributed by atoms with Gasteiger partial charge in [0.05, 0.1) is 13.0 Å². The van der Waals surface area contributed by atoms with Gasteiger partial charge in [0.15, 0.2) is 5.82 Å². The van der Waals surface area contributed by atoms with Crippen LogP contribution in [0.4, 0.5) is 0 Å². The molecule has 4 rings (SSSR count). The molecule has 1 aliphatic heterocycles. The molecule has 2 aromatic rings. The number of ether oxygens (including phenoxy) is 1. The van der Waals surface area contributed by atoms with E-state index in [1.54, 1.807) is 36.3 Å². The molecule has 0 bridgehead atoms. The summed E-state index contributed by atoms with van der Waals surface area (Å²) in [6.07, 6.45) is 2.21. The lowest BCUT2D eigenvalue weighted by Gasteiger charge is -2.16. The van der Waals surface area contributed by atoms with Crippen molar-refractivity contribution in [2.45, 2.75) is 24.7 Å². The van der Waals surface area contributed by atoms with Crippen molar-refractivity contribution in [3.63, 3.8) is 0 Å². The van der Waals surface area contributed by atoms with Gasteiger partial charge in [-0.3, -0.25) is 4.79 Å². The van der Waals surface area contributed by atoms with Crippen molar-refractivity contribution in [3.05, 3.63) is 41.5 Å². The van der Waals surface area contributed by atoms with Crippen LogP contribution in [0.3, 0.4) is 0 Å². The monoisotopic (exact) mass is 343 g/mol. The molecule has 132 valence electrons. The van der Waals surface area contributed by atoms with E-state index in [1.807, 2.05) is 0 Å². The van der Waals surface area contributed by atoms with E-state index in [0.29, 0.717) is 36.2 Å². The Hall–Kier alpha value is -2.41. The molecule has 7 nitrogen and oxygen atoms in total. The second-order valence-corrected chi connectivity index (χ2v) is 6.75. The first kappa shape index (κ1) is 16.1. The number of methoxy groups -OCH3 is 1. The molecule has 1 aliphatic carbocycles. The zero-order valence-corrected chi connectivity index (χ0v) is 14.1. The smallest absolute Gasteiger partial charge is 0.253 e. The number of aliphatic hydroxyl groups excluding tert-OH is 1. The number of aliphatic hydroxyl groups is 1. The van der Waals surface area contributed by atoms with Crippen molar-refractivity contribution in [2.75, 3.05) is 26.8 Å². The predicted molar refractivity (Wildman–Crippen MR) is 88.5 cm³/mol. The summed E-state index contributed by atoms with van der Waals surface area (Å²) in [6, 6.07) is 7.04. The normalized spacial score (nSPS) is 23.0. The van der Waals surface area contributed by atoms with Crippen LogP contribution < -0.4 is 4.74 Å². The summed E-state index contributed by atoms with van der Waals surface area (Å²) in [5, 5.41) is 13.8. The highest BCUT2D eigenvalue weighted by atomic mass is 16.5. The van der Waals surface area contributed by atoms with Gasteiger partial charge in [0.2, 0.25) is 5.89 Å². The van der Waals surface area contributed by atoms with Crippen molar-refractivity contribution >= 4 is 5.91 Å². The second kappa shape index (κ2) is 6.48. The Balaban J connectivity index is 1.50. The molecule has 25 heavy (non-hydrogen) atoms. The number of carbonyl (C=O) groups excluding carboxylic acids is 1. The Labute approximate surface area is 145 Å².